The molecule has 0 amide bonds. The first-order chi connectivity index (χ1) is 9.78. The summed E-state index contributed by atoms with van der Waals surface area (Å²) in [5, 5.41) is 4.47. The van der Waals surface area contributed by atoms with Crippen molar-refractivity contribution in [3.8, 4) is 0 Å². The molecule has 1 aliphatic rings. The molecule has 108 valence electrons. The SMILES string of the molecule is CNCc1oc2ccccc2c1CN(C)CC1CCC1. The van der Waals surface area contributed by atoms with Crippen LogP contribution in [0.2, 0.25) is 0 Å². The van der Waals surface area contributed by atoms with Crippen LogP contribution in [0.3, 0.4) is 0 Å². The van der Waals surface area contributed by atoms with E-state index in [4.69, 9.17) is 4.42 Å². The normalized spacial score (nSPS) is 15.9. The molecule has 0 aliphatic heterocycles. The number of nitrogens with zero attached hydrogens (tertiary/aromatic N) is 1. The predicted molar refractivity (Wildman–Crippen MR) is 82.7 cm³/mol. The third kappa shape index (κ3) is 2.74. The van der Waals surface area contributed by atoms with Gasteiger partial charge in [-0.1, -0.05) is 24.6 Å². The number of benzene rings is 1. The van der Waals surface area contributed by atoms with Crippen molar-refractivity contribution >= 4 is 11.0 Å². The Balaban J connectivity index is 1.81. The average molecular weight is 272 g/mol. The van der Waals surface area contributed by atoms with Gasteiger partial charge in [0.2, 0.25) is 0 Å². The maximum absolute atomic E-state index is 6.00. The number of fused-ring (bicyclic) bond motifs is 1. The molecule has 1 heterocycles. The van der Waals surface area contributed by atoms with Crippen molar-refractivity contribution in [2.24, 2.45) is 5.92 Å². The number of furan rings is 1. The van der Waals surface area contributed by atoms with Crippen LogP contribution in [0.15, 0.2) is 28.7 Å². The molecular formula is C17H24N2O. The number of nitrogens with one attached hydrogen (secondary N) is 1. The molecule has 0 spiro atoms. The molecule has 1 aromatic heterocycles. The number of rotatable bonds is 6. The lowest BCUT2D eigenvalue weighted by Crippen LogP contribution is -2.29. The largest absolute Gasteiger partial charge is 0.459 e. The molecule has 0 radical (unpaired) electrons. The summed E-state index contributed by atoms with van der Waals surface area (Å²) in [6, 6.07) is 8.36. The number of hydrogen-bond donors (Lipinski definition) is 1. The van der Waals surface area contributed by atoms with Gasteiger partial charge in [-0.25, -0.2) is 0 Å². The molecule has 3 nitrogen and oxygen atoms in total. The van der Waals surface area contributed by atoms with Crippen LogP contribution in [0.1, 0.15) is 30.6 Å². The van der Waals surface area contributed by atoms with E-state index in [9.17, 15) is 0 Å². The molecule has 3 heteroatoms. The van der Waals surface area contributed by atoms with Crippen molar-refractivity contribution in [3.63, 3.8) is 0 Å². The van der Waals surface area contributed by atoms with E-state index >= 15 is 0 Å². The minimum atomic E-state index is 0.793. The minimum Gasteiger partial charge on any atom is -0.459 e. The summed E-state index contributed by atoms with van der Waals surface area (Å²) in [5.74, 6) is 1.99. The molecule has 1 fully saturated rings. The lowest BCUT2D eigenvalue weighted by molar-refractivity contribution is 0.200. The van der Waals surface area contributed by atoms with Crippen molar-refractivity contribution in [1.29, 1.82) is 0 Å². The summed E-state index contributed by atoms with van der Waals surface area (Å²) >= 11 is 0. The molecule has 1 aliphatic carbocycles. The summed E-state index contributed by atoms with van der Waals surface area (Å²) in [6.45, 7) is 2.98. The van der Waals surface area contributed by atoms with Gasteiger partial charge in [0.05, 0.1) is 6.54 Å². The smallest absolute Gasteiger partial charge is 0.134 e. The van der Waals surface area contributed by atoms with Gasteiger partial charge in [-0.3, -0.25) is 0 Å². The second kappa shape index (κ2) is 5.98. The van der Waals surface area contributed by atoms with Crippen LogP contribution in [0.4, 0.5) is 0 Å². The fourth-order valence-corrected chi connectivity index (χ4v) is 3.08. The van der Waals surface area contributed by atoms with Crippen molar-refractivity contribution < 1.29 is 4.42 Å². The van der Waals surface area contributed by atoms with Crippen LogP contribution >= 0.6 is 0 Å². The van der Waals surface area contributed by atoms with E-state index in [1.165, 1.54) is 36.8 Å². The van der Waals surface area contributed by atoms with Gasteiger partial charge in [0.1, 0.15) is 11.3 Å². The minimum absolute atomic E-state index is 0.793. The summed E-state index contributed by atoms with van der Waals surface area (Å²) in [6.07, 6.45) is 4.22. The van der Waals surface area contributed by atoms with Crippen molar-refractivity contribution in [2.45, 2.75) is 32.4 Å². The van der Waals surface area contributed by atoms with E-state index in [0.717, 1.165) is 30.4 Å². The Hall–Kier alpha value is -1.32. The Morgan fingerprint density at radius 3 is 2.80 bits per heavy atom. The van der Waals surface area contributed by atoms with Gasteiger partial charge in [-0.15, -0.1) is 0 Å². The van der Waals surface area contributed by atoms with Crippen LogP contribution in [0.5, 0.6) is 0 Å². The van der Waals surface area contributed by atoms with Gasteiger partial charge in [0.25, 0.3) is 0 Å². The first kappa shape index (κ1) is 13.7. The van der Waals surface area contributed by atoms with E-state index in [1.54, 1.807) is 0 Å². The fraction of sp³-hybridized carbons (Fsp3) is 0.529. The highest BCUT2D eigenvalue weighted by molar-refractivity contribution is 5.82. The van der Waals surface area contributed by atoms with Gasteiger partial charge >= 0.3 is 0 Å². The summed E-state index contributed by atoms with van der Waals surface area (Å²) in [5.41, 5.74) is 2.35. The third-order valence-electron chi connectivity index (χ3n) is 4.34. The fourth-order valence-electron chi connectivity index (χ4n) is 3.08. The zero-order valence-corrected chi connectivity index (χ0v) is 12.5. The molecule has 0 unspecified atom stereocenters. The monoisotopic (exact) mass is 272 g/mol. The van der Waals surface area contributed by atoms with Gasteiger partial charge in [-0.05, 0) is 38.9 Å². The van der Waals surface area contributed by atoms with E-state index in [1.807, 2.05) is 13.1 Å². The first-order valence-electron chi connectivity index (χ1n) is 7.60. The van der Waals surface area contributed by atoms with Crippen LogP contribution in [-0.4, -0.2) is 25.5 Å². The molecule has 1 saturated carbocycles. The highest BCUT2D eigenvalue weighted by Crippen LogP contribution is 2.30. The molecule has 3 rings (SSSR count). The van der Waals surface area contributed by atoms with Crippen LogP contribution < -0.4 is 5.32 Å². The average Bonchev–Trinajstić information content (AvgIpc) is 2.73. The van der Waals surface area contributed by atoms with Crippen LogP contribution in [0.25, 0.3) is 11.0 Å². The Kier molecular flexibility index (Phi) is 4.08. The van der Waals surface area contributed by atoms with Crippen LogP contribution in [-0.2, 0) is 13.1 Å². The highest BCUT2D eigenvalue weighted by atomic mass is 16.3. The standard InChI is InChI=1S/C17H24N2O/c1-18-10-17-15(12-19(2)11-13-6-5-7-13)14-8-3-4-9-16(14)20-17/h3-4,8-9,13,18H,5-7,10-12H2,1-2H3. The van der Waals surface area contributed by atoms with Gasteiger partial charge in [0, 0.05) is 24.0 Å². The van der Waals surface area contributed by atoms with E-state index in [0.29, 0.717) is 0 Å². The van der Waals surface area contributed by atoms with Gasteiger partial charge in [-0.2, -0.15) is 0 Å². The second-order valence-electron chi connectivity index (χ2n) is 6.02. The molecule has 20 heavy (non-hydrogen) atoms. The molecule has 2 aromatic rings. The molecule has 1 aromatic carbocycles. The zero-order valence-electron chi connectivity index (χ0n) is 12.5. The topological polar surface area (TPSA) is 28.4 Å². The number of para-hydroxylation sites is 1. The van der Waals surface area contributed by atoms with Crippen molar-refractivity contribution in [1.82, 2.24) is 10.2 Å². The summed E-state index contributed by atoms with van der Waals surface area (Å²) in [7, 11) is 4.19. The maximum Gasteiger partial charge on any atom is 0.134 e. The molecule has 0 saturated heterocycles. The molecule has 0 atom stereocenters. The maximum atomic E-state index is 6.00. The Morgan fingerprint density at radius 1 is 1.30 bits per heavy atom. The van der Waals surface area contributed by atoms with E-state index < -0.39 is 0 Å². The Labute approximate surface area is 120 Å². The van der Waals surface area contributed by atoms with Gasteiger partial charge in [0.15, 0.2) is 0 Å². The lowest BCUT2D eigenvalue weighted by Gasteiger charge is -2.30. The van der Waals surface area contributed by atoms with E-state index in [-0.39, 0.29) is 0 Å². The first-order valence-corrected chi connectivity index (χ1v) is 7.60. The zero-order chi connectivity index (χ0) is 13.9. The van der Waals surface area contributed by atoms with Crippen molar-refractivity contribution in [2.75, 3.05) is 20.6 Å². The molecular weight excluding hydrogens is 248 g/mol. The lowest BCUT2D eigenvalue weighted by atomic mass is 9.85. The predicted octanol–water partition coefficient (Wildman–Crippen LogP) is 3.38. The Bertz CT molecular complexity index is 571. The third-order valence-corrected chi connectivity index (χ3v) is 4.34. The molecule has 0 bridgehead atoms. The van der Waals surface area contributed by atoms with Crippen molar-refractivity contribution in [3.05, 3.63) is 35.6 Å². The quantitative estimate of drug-likeness (QED) is 0.874. The number of hydrogen-bond acceptors (Lipinski definition) is 3. The summed E-state index contributed by atoms with van der Waals surface area (Å²) < 4.78 is 6.00. The summed E-state index contributed by atoms with van der Waals surface area (Å²) in [4.78, 5) is 2.44. The highest BCUT2D eigenvalue weighted by Gasteiger charge is 2.21. The molecule has 1 N–H and O–H groups in total. The van der Waals surface area contributed by atoms with Crippen LogP contribution in [0, 0.1) is 5.92 Å². The second-order valence-corrected chi connectivity index (χ2v) is 6.02. The van der Waals surface area contributed by atoms with Gasteiger partial charge < -0.3 is 14.6 Å². The Morgan fingerprint density at radius 2 is 2.10 bits per heavy atom. The van der Waals surface area contributed by atoms with E-state index in [2.05, 4.69) is 35.5 Å².